The quantitative estimate of drug-likeness (QED) is 0.615. The molecule has 2 rings (SSSR count). The fraction of sp³-hybridized carbons (Fsp3) is 0.133. The van der Waals surface area contributed by atoms with E-state index in [0.29, 0.717) is 11.3 Å². The molecule has 0 unspecified atom stereocenters. The highest BCUT2D eigenvalue weighted by Crippen LogP contribution is 2.16. The second kappa shape index (κ2) is 5.36. The van der Waals surface area contributed by atoms with Crippen LogP contribution in [0.25, 0.3) is 6.08 Å². The molecule has 0 aliphatic rings. The normalized spacial score (nSPS) is 11.1. The van der Waals surface area contributed by atoms with Crippen molar-refractivity contribution in [1.82, 2.24) is 0 Å². The summed E-state index contributed by atoms with van der Waals surface area (Å²) < 4.78 is 6.36. The molecule has 1 aromatic heterocycles. The number of furan rings is 1. The molecule has 0 atom stereocenters. The maximum atomic E-state index is 12.0. The van der Waals surface area contributed by atoms with Gasteiger partial charge in [-0.15, -0.1) is 0 Å². The maximum Gasteiger partial charge on any atom is 0.189 e. The molecule has 0 saturated heterocycles. The highest BCUT2D eigenvalue weighted by Gasteiger charge is 2.10. The third-order valence-corrected chi connectivity index (χ3v) is 3.13. The van der Waals surface area contributed by atoms with Crippen LogP contribution >= 0.6 is 15.9 Å². The van der Waals surface area contributed by atoms with Crippen LogP contribution in [-0.4, -0.2) is 5.78 Å². The van der Waals surface area contributed by atoms with E-state index in [9.17, 15) is 4.79 Å². The third kappa shape index (κ3) is 2.99. The minimum Gasteiger partial charge on any atom is -0.466 e. The largest absolute Gasteiger partial charge is 0.466 e. The first-order valence-electron chi connectivity index (χ1n) is 5.61. The molecule has 0 fully saturated rings. The van der Waals surface area contributed by atoms with Crippen molar-refractivity contribution in [3.05, 3.63) is 63.5 Å². The molecule has 3 heteroatoms. The van der Waals surface area contributed by atoms with Crippen LogP contribution in [0.2, 0.25) is 0 Å². The highest BCUT2D eigenvalue weighted by atomic mass is 79.9. The molecule has 2 nitrogen and oxygen atoms in total. The van der Waals surface area contributed by atoms with Crippen molar-refractivity contribution in [2.75, 3.05) is 0 Å². The molecule has 0 aliphatic heterocycles. The fourth-order valence-electron chi connectivity index (χ4n) is 1.71. The van der Waals surface area contributed by atoms with Crippen molar-refractivity contribution in [1.29, 1.82) is 0 Å². The van der Waals surface area contributed by atoms with Gasteiger partial charge in [0.1, 0.15) is 11.5 Å². The Morgan fingerprint density at radius 3 is 2.44 bits per heavy atom. The van der Waals surface area contributed by atoms with Gasteiger partial charge >= 0.3 is 0 Å². The number of benzene rings is 1. The summed E-state index contributed by atoms with van der Waals surface area (Å²) in [5.74, 6) is 1.39. The van der Waals surface area contributed by atoms with Gasteiger partial charge in [0.15, 0.2) is 5.78 Å². The number of halogens is 1. The lowest BCUT2D eigenvalue weighted by Gasteiger charge is -1.94. The molecular formula is C15H13BrO2. The maximum absolute atomic E-state index is 12.0. The lowest BCUT2D eigenvalue weighted by atomic mass is 10.1. The van der Waals surface area contributed by atoms with Crippen LogP contribution in [0.4, 0.5) is 0 Å². The Kier molecular flexibility index (Phi) is 3.82. The number of carbonyl (C=O) groups is 1. The number of aryl methyl sites for hydroxylation is 2. The van der Waals surface area contributed by atoms with Crippen molar-refractivity contribution in [2.45, 2.75) is 13.8 Å². The number of carbonyl (C=O) groups excluding carboxylic acids is 1. The van der Waals surface area contributed by atoms with E-state index in [2.05, 4.69) is 15.9 Å². The second-order valence-electron chi connectivity index (χ2n) is 4.08. The minimum absolute atomic E-state index is 0.0349. The van der Waals surface area contributed by atoms with E-state index in [1.165, 1.54) is 0 Å². The molecule has 2 aromatic rings. The number of hydrogen-bond donors (Lipinski definition) is 0. The van der Waals surface area contributed by atoms with Crippen LogP contribution in [0.1, 0.15) is 27.4 Å². The summed E-state index contributed by atoms with van der Waals surface area (Å²) in [5, 5.41) is 0. The minimum atomic E-state index is -0.0349. The lowest BCUT2D eigenvalue weighted by Crippen LogP contribution is -1.93. The van der Waals surface area contributed by atoms with Crippen molar-refractivity contribution in [2.24, 2.45) is 0 Å². The van der Waals surface area contributed by atoms with Gasteiger partial charge in [0, 0.05) is 4.47 Å². The Labute approximate surface area is 114 Å². The van der Waals surface area contributed by atoms with Crippen LogP contribution < -0.4 is 0 Å². The van der Waals surface area contributed by atoms with Gasteiger partial charge in [-0.3, -0.25) is 4.79 Å². The summed E-state index contributed by atoms with van der Waals surface area (Å²) in [6, 6.07) is 9.54. The zero-order valence-electron chi connectivity index (χ0n) is 10.2. The summed E-state index contributed by atoms with van der Waals surface area (Å²) in [5.41, 5.74) is 1.62. The molecule has 92 valence electrons. The Hall–Kier alpha value is -1.61. The molecule has 0 aliphatic carbocycles. The Bertz CT molecular complexity index is 591. The van der Waals surface area contributed by atoms with E-state index in [1.54, 1.807) is 25.1 Å². The summed E-state index contributed by atoms with van der Waals surface area (Å²) in [4.78, 5) is 12.0. The first-order chi connectivity index (χ1) is 8.56. The van der Waals surface area contributed by atoms with Crippen molar-refractivity contribution in [3.8, 4) is 0 Å². The van der Waals surface area contributed by atoms with Gasteiger partial charge in [0.05, 0.1) is 5.56 Å². The average molecular weight is 305 g/mol. The van der Waals surface area contributed by atoms with Crippen molar-refractivity contribution >= 4 is 27.8 Å². The van der Waals surface area contributed by atoms with Crippen LogP contribution in [0.5, 0.6) is 0 Å². The standard InChI is InChI=1S/C15H13BrO2/c1-10-9-14(11(2)18-10)15(17)8-5-12-3-6-13(16)7-4-12/h3-9H,1-2H3/b8-5+. The summed E-state index contributed by atoms with van der Waals surface area (Å²) in [6.45, 7) is 3.63. The second-order valence-corrected chi connectivity index (χ2v) is 4.99. The van der Waals surface area contributed by atoms with Gasteiger partial charge in [-0.25, -0.2) is 0 Å². The van der Waals surface area contributed by atoms with Crippen molar-refractivity contribution < 1.29 is 9.21 Å². The first-order valence-corrected chi connectivity index (χ1v) is 6.40. The predicted octanol–water partition coefficient (Wildman–Crippen LogP) is 4.56. The Balaban J connectivity index is 2.16. The fourth-order valence-corrected chi connectivity index (χ4v) is 1.98. The Morgan fingerprint density at radius 2 is 1.89 bits per heavy atom. The van der Waals surface area contributed by atoms with Gasteiger partial charge in [0.2, 0.25) is 0 Å². The zero-order chi connectivity index (χ0) is 13.1. The first kappa shape index (κ1) is 12.8. The smallest absolute Gasteiger partial charge is 0.189 e. The van der Waals surface area contributed by atoms with Gasteiger partial charge in [-0.2, -0.15) is 0 Å². The molecule has 0 saturated carbocycles. The molecule has 18 heavy (non-hydrogen) atoms. The van der Waals surface area contributed by atoms with Gasteiger partial charge in [0.25, 0.3) is 0 Å². The number of allylic oxidation sites excluding steroid dienone is 1. The van der Waals surface area contributed by atoms with E-state index in [4.69, 9.17) is 4.42 Å². The molecule has 0 bridgehead atoms. The van der Waals surface area contributed by atoms with Gasteiger partial charge in [-0.05, 0) is 43.7 Å². The average Bonchev–Trinajstić information content (AvgIpc) is 2.67. The van der Waals surface area contributed by atoms with Crippen LogP contribution in [0, 0.1) is 13.8 Å². The van der Waals surface area contributed by atoms with E-state index < -0.39 is 0 Å². The van der Waals surface area contributed by atoms with Crippen LogP contribution in [-0.2, 0) is 0 Å². The molecule has 0 amide bonds. The third-order valence-electron chi connectivity index (χ3n) is 2.60. The van der Waals surface area contributed by atoms with Crippen LogP contribution in [0.3, 0.4) is 0 Å². The molecule has 0 spiro atoms. The topological polar surface area (TPSA) is 30.2 Å². The van der Waals surface area contributed by atoms with Crippen LogP contribution in [0.15, 0.2) is 45.3 Å². The summed E-state index contributed by atoms with van der Waals surface area (Å²) in [7, 11) is 0. The molecule has 0 radical (unpaired) electrons. The van der Waals surface area contributed by atoms with E-state index in [-0.39, 0.29) is 5.78 Å². The SMILES string of the molecule is Cc1cc(C(=O)/C=C/c2ccc(Br)cc2)c(C)o1. The van der Waals surface area contributed by atoms with E-state index in [1.807, 2.05) is 31.2 Å². The Morgan fingerprint density at radius 1 is 1.22 bits per heavy atom. The predicted molar refractivity (Wildman–Crippen MR) is 75.7 cm³/mol. The van der Waals surface area contributed by atoms with E-state index >= 15 is 0 Å². The van der Waals surface area contributed by atoms with E-state index in [0.717, 1.165) is 15.8 Å². The number of ketones is 1. The molecule has 1 heterocycles. The lowest BCUT2D eigenvalue weighted by molar-refractivity contribution is 0.104. The summed E-state index contributed by atoms with van der Waals surface area (Å²) in [6.07, 6.45) is 3.37. The highest BCUT2D eigenvalue weighted by molar-refractivity contribution is 9.10. The van der Waals surface area contributed by atoms with Crippen molar-refractivity contribution in [3.63, 3.8) is 0 Å². The number of rotatable bonds is 3. The van der Waals surface area contributed by atoms with Gasteiger partial charge in [-0.1, -0.05) is 34.1 Å². The summed E-state index contributed by atoms with van der Waals surface area (Å²) >= 11 is 3.37. The zero-order valence-corrected chi connectivity index (χ0v) is 11.8. The monoisotopic (exact) mass is 304 g/mol. The molecule has 0 N–H and O–H groups in total. The molecule has 1 aromatic carbocycles. The number of hydrogen-bond acceptors (Lipinski definition) is 2. The molecular weight excluding hydrogens is 292 g/mol. The van der Waals surface area contributed by atoms with Gasteiger partial charge < -0.3 is 4.42 Å².